The van der Waals surface area contributed by atoms with Crippen LogP contribution >= 0.6 is 15.9 Å². The molecule has 2 aromatic rings. The van der Waals surface area contributed by atoms with Crippen LogP contribution < -0.4 is 11.5 Å². The minimum Gasteiger partial charge on any atom is -0.456 e. The third-order valence-corrected chi connectivity index (χ3v) is 3.85. The van der Waals surface area contributed by atoms with E-state index in [1.807, 2.05) is 6.92 Å². The number of esters is 1. The fourth-order valence-electron chi connectivity index (χ4n) is 1.85. The molecule has 4 N–H and O–H groups in total. The second-order valence-corrected chi connectivity index (χ2v) is 5.23. The zero-order valence-electron chi connectivity index (χ0n) is 11.2. The van der Waals surface area contributed by atoms with Crippen LogP contribution in [-0.2, 0) is 18.4 Å². The molecule has 0 aliphatic rings. The summed E-state index contributed by atoms with van der Waals surface area (Å²) in [5.74, 6) is -0.477. The highest BCUT2D eigenvalue weighted by molar-refractivity contribution is 9.10. The monoisotopic (exact) mass is 338 g/mol. The van der Waals surface area contributed by atoms with Crippen LogP contribution in [0.5, 0.6) is 0 Å². The normalized spacial score (nSPS) is 10.6. The lowest BCUT2D eigenvalue weighted by atomic mass is 10.2. The quantitative estimate of drug-likeness (QED) is 0.659. The van der Waals surface area contributed by atoms with Gasteiger partial charge in [0, 0.05) is 18.4 Å². The molecule has 0 radical (unpaired) electrons. The summed E-state index contributed by atoms with van der Waals surface area (Å²) in [6, 6.07) is 4.64. The predicted molar refractivity (Wildman–Crippen MR) is 80.0 cm³/mol. The Hall–Kier alpha value is -2.02. The van der Waals surface area contributed by atoms with Gasteiger partial charge in [-0.2, -0.15) is 5.10 Å². The SMILES string of the molecule is Cc1nn(C)c(COC(=O)c2cc(N)cc(N)c2)c1Br. The van der Waals surface area contributed by atoms with Gasteiger partial charge in [-0.3, -0.25) is 4.68 Å². The molecule has 106 valence electrons. The minimum atomic E-state index is -0.477. The van der Waals surface area contributed by atoms with Crippen LogP contribution in [0.15, 0.2) is 22.7 Å². The van der Waals surface area contributed by atoms with Crippen LogP contribution in [0.25, 0.3) is 0 Å². The molecule has 0 unspecified atom stereocenters. The van der Waals surface area contributed by atoms with Crippen LogP contribution in [0, 0.1) is 6.92 Å². The number of ether oxygens (including phenoxy) is 1. The zero-order chi connectivity index (χ0) is 14.9. The molecule has 0 aliphatic heterocycles. The first-order valence-electron chi connectivity index (χ1n) is 5.89. The molecule has 1 heterocycles. The Kier molecular flexibility index (Phi) is 3.99. The molecular formula is C13H15BrN4O2. The Bertz CT molecular complexity index is 646. The number of hydrogen-bond donors (Lipinski definition) is 2. The van der Waals surface area contributed by atoms with Crippen molar-refractivity contribution in [1.82, 2.24) is 9.78 Å². The summed E-state index contributed by atoms with van der Waals surface area (Å²) in [6.45, 7) is 1.99. The zero-order valence-corrected chi connectivity index (χ0v) is 12.8. The van der Waals surface area contributed by atoms with Crippen molar-refractivity contribution in [2.75, 3.05) is 11.5 Å². The van der Waals surface area contributed by atoms with Crippen LogP contribution in [-0.4, -0.2) is 15.7 Å². The van der Waals surface area contributed by atoms with E-state index in [2.05, 4.69) is 21.0 Å². The lowest BCUT2D eigenvalue weighted by Gasteiger charge is -2.07. The number of nitrogens with two attached hydrogens (primary N) is 2. The van der Waals surface area contributed by atoms with E-state index in [4.69, 9.17) is 16.2 Å². The Balaban J connectivity index is 2.12. The largest absolute Gasteiger partial charge is 0.456 e. The molecule has 1 aromatic carbocycles. The first-order chi connectivity index (χ1) is 9.38. The lowest BCUT2D eigenvalue weighted by molar-refractivity contribution is 0.0463. The number of nitrogen functional groups attached to an aromatic ring is 2. The summed E-state index contributed by atoms with van der Waals surface area (Å²) in [4.78, 5) is 12.0. The average molecular weight is 339 g/mol. The number of aromatic nitrogens is 2. The number of anilines is 2. The van der Waals surface area contributed by atoms with Gasteiger partial charge < -0.3 is 16.2 Å². The van der Waals surface area contributed by atoms with Crippen molar-refractivity contribution in [3.8, 4) is 0 Å². The van der Waals surface area contributed by atoms with E-state index in [9.17, 15) is 4.79 Å². The average Bonchev–Trinajstić information content (AvgIpc) is 2.60. The summed E-state index contributed by atoms with van der Waals surface area (Å²) in [5, 5.41) is 4.23. The second-order valence-electron chi connectivity index (χ2n) is 4.43. The number of aryl methyl sites for hydroxylation is 2. The Morgan fingerprint density at radius 3 is 2.45 bits per heavy atom. The van der Waals surface area contributed by atoms with E-state index >= 15 is 0 Å². The number of hydrogen-bond acceptors (Lipinski definition) is 5. The fraction of sp³-hybridized carbons (Fsp3) is 0.231. The summed E-state index contributed by atoms with van der Waals surface area (Å²) >= 11 is 3.42. The van der Waals surface area contributed by atoms with E-state index in [1.165, 1.54) is 12.1 Å². The van der Waals surface area contributed by atoms with Crippen molar-refractivity contribution in [2.24, 2.45) is 7.05 Å². The molecule has 0 amide bonds. The number of rotatable bonds is 3. The third-order valence-electron chi connectivity index (χ3n) is 2.81. The van der Waals surface area contributed by atoms with E-state index in [0.717, 1.165) is 15.9 Å². The molecule has 0 aliphatic carbocycles. The number of halogens is 1. The van der Waals surface area contributed by atoms with Gasteiger partial charge in [-0.25, -0.2) is 4.79 Å². The topological polar surface area (TPSA) is 96.2 Å². The van der Waals surface area contributed by atoms with Crippen molar-refractivity contribution in [2.45, 2.75) is 13.5 Å². The molecule has 0 spiro atoms. The molecule has 20 heavy (non-hydrogen) atoms. The Labute approximate surface area is 124 Å². The second kappa shape index (κ2) is 5.54. The van der Waals surface area contributed by atoms with Gasteiger partial charge in [0.15, 0.2) is 0 Å². The molecule has 0 fully saturated rings. The first-order valence-corrected chi connectivity index (χ1v) is 6.69. The van der Waals surface area contributed by atoms with Crippen molar-refractivity contribution < 1.29 is 9.53 Å². The van der Waals surface area contributed by atoms with Gasteiger partial charge in [-0.1, -0.05) is 0 Å². The highest BCUT2D eigenvalue weighted by Crippen LogP contribution is 2.21. The molecule has 0 bridgehead atoms. The van der Waals surface area contributed by atoms with Crippen molar-refractivity contribution >= 4 is 33.3 Å². The Morgan fingerprint density at radius 2 is 1.95 bits per heavy atom. The molecule has 1 aromatic heterocycles. The van der Waals surface area contributed by atoms with Crippen LogP contribution in [0.1, 0.15) is 21.7 Å². The predicted octanol–water partition coefficient (Wildman–Crippen LogP) is 2.01. The van der Waals surface area contributed by atoms with Gasteiger partial charge >= 0.3 is 5.97 Å². The summed E-state index contributed by atoms with van der Waals surface area (Å²) < 4.78 is 7.76. The molecule has 0 atom stereocenters. The summed E-state index contributed by atoms with van der Waals surface area (Å²) in [6.07, 6.45) is 0. The van der Waals surface area contributed by atoms with Gasteiger partial charge in [0.1, 0.15) is 6.61 Å². The molecule has 7 heteroatoms. The van der Waals surface area contributed by atoms with Crippen molar-refractivity contribution in [3.63, 3.8) is 0 Å². The maximum absolute atomic E-state index is 12.0. The number of nitrogens with zero attached hydrogens (tertiary/aromatic N) is 2. The minimum absolute atomic E-state index is 0.117. The smallest absolute Gasteiger partial charge is 0.338 e. The number of carbonyl (C=O) groups excluding carboxylic acids is 1. The number of benzene rings is 1. The van der Waals surface area contributed by atoms with Crippen molar-refractivity contribution in [3.05, 3.63) is 39.6 Å². The van der Waals surface area contributed by atoms with Gasteiger partial charge in [-0.05, 0) is 41.1 Å². The van der Waals surface area contributed by atoms with Gasteiger partial charge in [0.2, 0.25) is 0 Å². The van der Waals surface area contributed by atoms with E-state index < -0.39 is 5.97 Å². The molecule has 2 rings (SSSR count). The summed E-state index contributed by atoms with van der Waals surface area (Å²) in [5.41, 5.74) is 14.1. The lowest BCUT2D eigenvalue weighted by Crippen LogP contribution is -2.09. The third kappa shape index (κ3) is 2.93. The van der Waals surface area contributed by atoms with E-state index in [0.29, 0.717) is 16.9 Å². The van der Waals surface area contributed by atoms with Gasteiger partial charge in [-0.15, -0.1) is 0 Å². The van der Waals surface area contributed by atoms with Crippen LogP contribution in [0.3, 0.4) is 0 Å². The van der Waals surface area contributed by atoms with Gasteiger partial charge in [0.05, 0.1) is 21.4 Å². The summed E-state index contributed by atoms with van der Waals surface area (Å²) in [7, 11) is 1.79. The molecular weight excluding hydrogens is 324 g/mol. The van der Waals surface area contributed by atoms with Crippen LogP contribution in [0.2, 0.25) is 0 Å². The molecule has 0 saturated heterocycles. The van der Waals surface area contributed by atoms with E-state index in [-0.39, 0.29) is 6.61 Å². The fourth-order valence-corrected chi connectivity index (χ4v) is 2.30. The van der Waals surface area contributed by atoms with Crippen molar-refractivity contribution in [1.29, 1.82) is 0 Å². The Morgan fingerprint density at radius 1 is 1.35 bits per heavy atom. The maximum Gasteiger partial charge on any atom is 0.338 e. The van der Waals surface area contributed by atoms with Crippen LogP contribution in [0.4, 0.5) is 11.4 Å². The maximum atomic E-state index is 12.0. The molecule has 6 nitrogen and oxygen atoms in total. The standard InChI is InChI=1S/C13H15BrN4O2/c1-7-12(14)11(18(2)17-7)6-20-13(19)8-3-9(15)5-10(16)4-8/h3-5H,6,15-16H2,1-2H3. The highest BCUT2D eigenvalue weighted by Gasteiger charge is 2.14. The highest BCUT2D eigenvalue weighted by atomic mass is 79.9. The first kappa shape index (κ1) is 14.4. The number of carbonyl (C=O) groups is 1. The van der Waals surface area contributed by atoms with Gasteiger partial charge in [0.25, 0.3) is 0 Å². The van der Waals surface area contributed by atoms with E-state index in [1.54, 1.807) is 17.8 Å². The molecule has 0 saturated carbocycles.